The molecule has 0 saturated carbocycles. The standard InChI is InChI=1S/C18H20ClNO2/c1-12-4-6-15(7-5-12)14(3)20-18(21)11-22-16-8-9-17(19)13(2)10-16/h4-10,14H,11H2,1-3H3,(H,20,21)/t14-/m0/s1. The number of aryl methyl sites for hydroxylation is 2. The van der Waals surface area contributed by atoms with E-state index in [1.54, 1.807) is 12.1 Å². The van der Waals surface area contributed by atoms with Crippen molar-refractivity contribution < 1.29 is 9.53 Å². The molecule has 2 aromatic rings. The maximum atomic E-state index is 12.0. The fraction of sp³-hybridized carbons (Fsp3) is 0.278. The SMILES string of the molecule is Cc1ccc([C@H](C)NC(=O)COc2ccc(Cl)c(C)c2)cc1. The highest BCUT2D eigenvalue weighted by Gasteiger charge is 2.10. The number of nitrogens with one attached hydrogen (secondary N) is 1. The van der Waals surface area contributed by atoms with E-state index in [0.29, 0.717) is 10.8 Å². The largest absolute Gasteiger partial charge is 0.484 e. The quantitative estimate of drug-likeness (QED) is 0.897. The zero-order valence-electron chi connectivity index (χ0n) is 13.0. The van der Waals surface area contributed by atoms with Crippen LogP contribution < -0.4 is 10.1 Å². The summed E-state index contributed by atoms with van der Waals surface area (Å²) in [6.07, 6.45) is 0. The van der Waals surface area contributed by atoms with Crippen LogP contribution in [-0.2, 0) is 4.79 Å². The molecule has 22 heavy (non-hydrogen) atoms. The summed E-state index contributed by atoms with van der Waals surface area (Å²) in [5, 5.41) is 3.61. The van der Waals surface area contributed by atoms with E-state index in [1.165, 1.54) is 5.56 Å². The Morgan fingerprint density at radius 1 is 1.18 bits per heavy atom. The number of rotatable bonds is 5. The predicted octanol–water partition coefficient (Wildman–Crippen LogP) is 4.21. The summed E-state index contributed by atoms with van der Waals surface area (Å²) in [6.45, 7) is 5.87. The van der Waals surface area contributed by atoms with Crippen LogP contribution in [-0.4, -0.2) is 12.5 Å². The summed E-state index contributed by atoms with van der Waals surface area (Å²) in [5.74, 6) is 0.487. The molecule has 2 aromatic carbocycles. The summed E-state index contributed by atoms with van der Waals surface area (Å²) in [5.41, 5.74) is 3.19. The highest BCUT2D eigenvalue weighted by molar-refractivity contribution is 6.31. The first kappa shape index (κ1) is 16.4. The third-order valence-corrected chi connectivity index (χ3v) is 3.88. The van der Waals surface area contributed by atoms with E-state index < -0.39 is 0 Å². The number of hydrogen-bond donors (Lipinski definition) is 1. The second-order valence-corrected chi connectivity index (χ2v) is 5.81. The number of ether oxygens (including phenoxy) is 1. The van der Waals surface area contributed by atoms with Crippen molar-refractivity contribution in [3.05, 3.63) is 64.2 Å². The minimum absolute atomic E-state index is 0.0166. The van der Waals surface area contributed by atoms with Crippen LogP contribution in [0.3, 0.4) is 0 Å². The van der Waals surface area contributed by atoms with Crippen molar-refractivity contribution in [2.24, 2.45) is 0 Å². The van der Waals surface area contributed by atoms with E-state index in [4.69, 9.17) is 16.3 Å². The molecule has 1 amide bonds. The van der Waals surface area contributed by atoms with Crippen molar-refractivity contribution in [2.75, 3.05) is 6.61 Å². The fourth-order valence-corrected chi connectivity index (χ4v) is 2.20. The van der Waals surface area contributed by atoms with E-state index in [2.05, 4.69) is 5.32 Å². The van der Waals surface area contributed by atoms with Gasteiger partial charge in [-0.25, -0.2) is 0 Å². The molecule has 1 atom stereocenters. The molecule has 0 heterocycles. The van der Waals surface area contributed by atoms with Crippen molar-refractivity contribution in [3.63, 3.8) is 0 Å². The lowest BCUT2D eigenvalue weighted by atomic mass is 10.1. The molecule has 116 valence electrons. The highest BCUT2D eigenvalue weighted by atomic mass is 35.5. The second-order valence-electron chi connectivity index (χ2n) is 5.40. The van der Waals surface area contributed by atoms with Gasteiger partial charge in [0.15, 0.2) is 6.61 Å². The van der Waals surface area contributed by atoms with Crippen molar-refractivity contribution in [3.8, 4) is 5.75 Å². The molecule has 0 bridgehead atoms. The van der Waals surface area contributed by atoms with E-state index in [0.717, 1.165) is 11.1 Å². The van der Waals surface area contributed by atoms with Crippen LogP contribution in [0.15, 0.2) is 42.5 Å². The number of halogens is 1. The lowest BCUT2D eigenvalue weighted by Crippen LogP contribution is -2.31. The molecule has 1 N–H and O–H groups in total. The van der Waals surface area contributed by atoms with Crippen molar-refractivity contribution in [1.82, 2.24) is 5.32 Å². The van der Waals surface area contributed by atoms with E-state index in [1.807, 2.05) is 51.1 Å². The molecule has 2 rings (SSSR count). The van der Waals surface area contributed by atoms with Gasteiger partial charge in [-0.1, -0.05) is 41.4 Å². The van der Waals surface area contributed by atoms with Crippen LogP contribution in [0.25, 0.3) is 0 Å². The minimum atomic E-state index is -0.152. The molecule has 0 aromatic heterocycles. The molecule has 0 aliphatic rings. The van der Waals surface area contributed by atoms with Gasteiger partial charge in [-0.2, -0.15) is 0 Å². The maximum Gasteiger partial charge on any atom is 0.258 e. The highest BCUT2D eigenvalue weighted by Crippen LogP contribution is 2.21. The molecule has 4 heteroatoms. The Bertz CT molecular complexity index is 653. The van der Waals surface area contributed by atoms with Crippen molar-refractivity contribution >= 4 is 17.5 Å². The third-order valence-electron chi connectivity index (χ3n) is 3.45. The number of carbonyl (C=O) groups excluding carboxylic acids is 1. The number of hydrogen-bond acceptors (Lipinski definition) is 2. The average Bonchev–Trinajstić information content (AvgIpc) is 2.49. The molecule has 0 fully saturated rings. The second kappa shape index (κ2) is 7.32. The summed E-state index contributed by atoms with van der Waals surface area (Å²) < 4.78 is 5.49. The van der Waals surface area contributed by atoms with Gasteiger partial charge < -0.3 is 10.1 Å². The van der Waals surface area contributed by atoms with Crippen LogP contribution in [0.5, 0.6) is 5.75 Å². The predicted molar refractivity (Wildman–Crippen MR) is 89.4 cm³/mol. The molecule has 0 unspecified atom stereocenters. The van der Waals surface area contributed by atoms with E-state index in [9.17, 15) is 4.79 Å². The van der Waals surface area contributed by atoms with Crippen molar-refractivity contribution in [1.29, 1.82) is 0 Å². The van der Waals surface area contributed by atoms with Crippen LogP contribution in [0.1, 0.15) is 29.7 Å². The topological polar surface area (TPSA) is 38.3 Å². The smallest absolute Gasteiger partial charge is 0.258 e. The molecule has 0 aliphatic carbocycles. The average molecular weight is 318 g/mol. The first-order chi connectivity index (χ1) is 10.5. The summed E-state index contributed by atoms with van der Waals surface area (Å²) in [4.78, 5) is 12.0. The zero-order chi connectivity index (χ0) is 16.1. The summed E-state index contributed by atoms with van der Waals surface area (Å²) in [6, 6.07) is 13.4. The molecule has 0 radical (unpaired) electrons. The number of carbonyl (C=O) groups is 1. The van der Waals surface area contributed by atoms with Gasteiger partial charge in [-0.05, 0) is 50.1 Å². The van der Waals surface area contributed by atoms with E-state index >= 15 is 0 Å². The maximum absolute atomic E-state index is 12.0. The Labute approximate surface area is 136 Å². The normalized spacial score (nSPS) is 11.8. The first-order valence-corrected chi connectivity index (χ1v) is 7.58. The number of amides is 1. The van der Waals surface area contributed by atoms with Crippen LogP contribution in [0.2, 0.25) is 5.02 Å². The Morgan fingerprint density at radius 3 is 2.50 bits per heavy atom. The molecular weight excluding hydrogens is 298 g/mol. The van der Waals surface area contributed by atoms with Gasteiger partial charge in [0.1, 0.15) is 5.75 Å². The Balaban J connectivity index is 1.87. The van der Waals surface area contributed by atoms with Gasteiger partial charge in [-0.3, -0.25) is 4.79 Å². The Hall–Kier alpha value is -2.00. The van der Waals surface area contributed by atoms with Gasteiger partial charge in [0.2, 0.25) is 0 Å². The Kier molecular flexibility index (Phi) is 5.45. The van der Waals surface area contributed by atoms with E-state index in [-0.39, 0.29) is 18.6 Å². The Morgan fingerprint density at radius 2 is 1.86 bits per heavy atom. The lowest BCUT2D eigenvalue weighted by Gasteiger charge is -2.15. The van der Waals surface area contributed by atoms with Crippen molar-refractivity contribution in [2.45, 2.75) is 26.8 Å². The first-order valence-electron chi connectivity index (χ1n) is 7.20. The molecule has 0 spiro atoms. The minimum Gasteiger partial charge on any atom is -0.484 e. The molecule has 0 saturated heterocycles. The molecule has 3 nitrogen and oxygen atoms in total. The number of benzene rings is 2. The van der Waals surface area contributed by atoms with Gasteiger partial charge in [0.05, 0.1) is 6.04 Å². The fourth-order valence-electron chi connectivity index (χ4n) is 2.08. The van der Waals surface area contributed by atoms with Gasteiger partial charge in [0, 0.05) is 5.02 Å². The monoisotopic (exact) mass is 317 g/mol. The lowest BCUT2D eigenvalue weighted by molar-refractivity contribution is -0.123. The zero-order valence-corrected chi connectivity index (χ0v) is 13.8. The third kappa shape index (κ3) is 4.50. The summed E-state index contributed by atoms with van der Waals surface area (Å²) in [7, 11) is 0. The van der Waals surface area contributed by atoms with Gasteiger partial charge >= 0.3 is 0 Å². The molecule has 0 aliphatic heterocycles. The van der Waals surface area contributed by atoms with Crippen LogP contribution in [0.4, 0.5) is 0 Å². The molecular formula is C18H20ClNO2. The van der Waals surface area contributed by atoms with Crippen LogP contribution in [0, 0.1) is 13.8 Å². The summed E-state index contributed by atoms with van der Waals surface area (Å²) >= 11 is 5.96. The van der Waals surface area contributed by atoms with Gasteiger partial charge in [0.25, 0.3) is 5.91 Å². The van der Waals surface area contributed by atoms with Crippen LogP contribution >= 0.6 is 11.6 Å². The van der Waals surface area contributed by atoms with Gasteiger partial charge in [-0.15, -0.1) is 0 Å².